The minimum absolute atomic E-state index is 0.0138. The molecule has 0 aromatic carbocycles. The van der Waals surface area contributed by atoms with Gasteiger partial charge in [-0.15, -0.1) is 0 Å². The summed E-state index contributed by atoms with van der Waals surface area (Å²) in [6, 6.07) is 0. The SMILES string of the molecule is CC1(C)CCC[C@]2(C)[C@@H]1CC[C@]1(CO1)[C@H]2C/C=C(\CO)[C@@H](O)CO. The molecule has 1 aliphatic heterocycles. The maximum Gasteiger partial charge on any atom is 0.100 e. The van der Waals surface area contributed by atoms with E-state index in [1.54, 1.807) is 0 Å². The van der Waals surface area contributed by atoms with Crippen LogP contribution in [0.3, 0.4) is 0 Å². The Balaban J connectivity index is 1.87. The summed E-state index contributed by atoms with van der Waals surface area (Å²) in [4.78, 5) is 0. The maximum absolute atomic E-state index is 9.86. The zero-order valence-electron chi connectivity index (χ0n) is 15.4. The van der Waals surface area contributed by atoms with Crippen LogP contribution in [0.25, 0.3) is 0 Å². The largest absolute Gasteiger partial charge is 0.393 e. The number of epoxide rings is 1. The Kier molecular flexibility index (Phi) is 4.89. The highest BCUT2D eigenvalue weighted by Crippen LogP contribution is 2.66. The van der Waals surface area contributed by atoms with Crippen molar-refractivity contribution in [1.82, 2.24) is 0 Å². The third kappa shape index (κ3) is 2.96. The normalized spacial score (nSPS) is 42.7. The molecule has 1 heterocycles. The standard InChI is InChI=1S/C20H34O4/c1-18(2)8-4-9-19(3)16(18)7-10-20(13-24-20)17(19)6-5-14(11-21)15(23)12-22/h5,15-17,21-23H,4,6-13H2,1-3H3/b14-5+/t15-,16+,17-,19+,20-/m0/s1. The van der Waals surface area contributed by atoms with Crippen LogP contribution in [-0.4, -0.2) is 46.8 Å². The number of fused-ring (bicyclic) bond motifs is 1. The Morgan fingerprint density at radius 2 is 1.92 bits per heavy atom. The number of aliphatic hydroxyl groups is 3. The van der Waals surface area contributed by atoms with Gasteiger partial charge in [-0.2, -0.15) is 0 Å². The third-order valence-electron chi connectivity index (χ3n) is 7.48. The van der Waals surface area contributed by atoms with Crippen LogP contribution in [0, 0.1) is 22.7 Å². The van der Waals surface area contributed by atoms with Crippen LogP contribution in [0.1, 0.15) is 59.3 Å². The first-order valence-corrected chi connectivity index (χ1v) is 9.52. The average molecular weight is 338 g/mol. The second kappa shape index (κ2) is 6.39. The molecule has 4 heteroatoms. The molecule has 2 saturated carbocycles. The van der Waals surface area contributed by atoms with Crippen molar-refractivity contribution in [3.8, 4) is 0 Å². The summed E-state index contributed by atoms with van der Waals surface area (Å²) >= 11 is 0. The Bertz CT molecular complexity index is 494. The van der Waals surface area contributed by atoms with E-state index < -0.39 is 6.10 Å². The van der Waals surface area contributed by atoms with E-state index in [2.05, 4.69) is 20.8 Å². The van der Waals surface area contributed by atoms with Crippen LogP contribution in [-0.2, 0) is 4.74 Å². The highest BCUT2D eigenvalue weighted by atomic mass is 16.6. The van der Waals surface area contributed by atoms with Crippen molar-refractivity contribution < 1.29 is 20.1 Å². The Morgan fingerprint density at radius 1 is 1.21 bits per heavy atom. The van der Waals surface area contributed by atoms with Crippen molar-refractivity contribution >= 4 is 0 Å². The summed E-state index contributed by atoms with van der Waals surface area (Å²) < 4.78 is 5.98. The van der Waals surface area contributed by atoms with E-state index >= 15 is 0 Å². The Labute approximate surface area is 145 Å². The topological polar surface area (TPSA) is 73.2 Å². The fraction of sp³-hybridized carbons (Fsp3) is 0.900. The van der Waals surface area contributed by atoms with Crippen LogP contribution >= 0.6 is 0 Å². The summed E-state index contributed by atoms with van der Waals surface area (Å²) in [6.45, 7) is 7.59. The average Bonchev–Trinajstić information content (AvgIpc) is 3.29. The maximum atomic E-state index is 9.86. The number of hydrogen-bond donors (Lipinski definition) is 3. The first kappa shape index (κ1) is 18.4. The van der Waals surface area contributed by atoms with Crippen LogP contribution in [0.2, 0.25) is 0 Å². The van der Waals surface area contributed by atoms with Gasteiger partial charge in [0.05, 0.1) is 25.4 Å². The summed E-state index contributed by atoms with van der Waals surface area (Å²) in [5.74, 6) is 1.13. The van der Waals surface area contributed by atoms with E-state index in [1.807, 2.05) is 6.08 Å². The molecular formula is C20H34O4. The van der Waals surface area contributed by atoms with Gasteiger partial charge in [-0.25, -0.2) is 0 Å². The van der Waals surface area contributed by atoms with Gasteiger partial charge >= 0.3 is 0 Å². The van der Waals surface area contributed by atoms with Gasteiger partial charge in [-0.3, -0.25) is 0 Å². The highest BCUT2D eigenvalue weighted by Gasteiger charge is 2.64. The lowest BCUT2D eigenvalue weighted by atomic mass is 9.46. The lowest BCUT2D eigenvalue weighted by molar-refractivity contribution is -0.104. The molecule has 1 saturated heterocycles. The zero-order valence-corrected chi connectivity index (χ0v) is 15.4. The van der Waals surface area contributed by atoms with Gasteiger partial charge in [-0.1, -0.05) is 33.3 Å². The van der Waals surface area contributed by atoms with E-state index in [4.69, 9.17) is 9.84 Å². The van der Waals surface area contributed by atoms with Crippen LogP contribution < -0.4 is 0 Å². The molecule has 5 atom stereocenters. The molecule has 24 heavy (non-hydrogen) atoms. The Hall–Kier alpha value is -0.420. The molecule has 3 aliphatic rings. The molecule has 138 valence electrons. The number of ether oxygens (including phenoxy) is 1. The van der Waals surface area contributed by atoms with Crippen molar-refractivity contribution in [3.05, 3.63) is 11.6 Å². The van der Waals surface area contributed by atoms with E-state index in [0.717, 1.165) is 19.4 Å². The lowest BCUT2D eigenvalue weighted by Gasteiger charge is -2.59. The van der Waals surface area contributed by atoms with Crippen LogP contribution in [0.4, 0.5) is 0 Å². The molecule has 0 unspecified atom stereocenters. The predicted octanol–water partition coefficient (Wildman–Crippen LogP) is 2.66. The lowest BCUT2D eigenvalue weighted by Crippen LogP contribution is -2.54. The molecule has 2 aliphatic carbocycles. The van der Waals surface area contributed by atoms with Crippen LogP contribution in [0.15, 0.2) is 11.6 Å². The highest BCUT2D eigenvalue weighted by molar-refractivity contribution is 5.17. The molecule has 4 nitrogen and oxygen atoms in total. The first-order chi connectivity index (χ1) is 11.3. The molecule has 1 spiro atoms. The smallest absolute Gasteiger partial charge is 0.100 e. The number of allylic oxidation sites excluding steroid dienone is 1. The number of rotatable bonds is 5. The van der Waals surface area contributed by atoms with Gasteiger partial charge in [0, 0.05) is 0 Å². The van der Waals surface area contributed by atoms with E-state index in [1.165, 1.54) is 25.7 Å². The van der Waals surface area contributed by atoms with Gasteiger partial charge in [0.2, 0.25) is 0 Å². The predicted molar refractivity (Wildman–Crippen MR) is 93.5 cm³/mol. The van der Waals surface area contributed by atoms with Crippen molar-refractivity contribution in [3.63, 3.8) is 0 Å². The van der Waals surface area contributed by atoms with Gasteiger partial charge in [0.1, 0.15) is 6.10 Å². The third-order valence-corrected chi connectivity index (χ3v) is 7.48. The van der Waals surface area contributed by atoms with E-state index in [9.17, 15) is 10.2 Å². The van der Waals surface area contributed by atoms with Crippen molar-refractivity contribution in [2.24, 2.45) is 22.7 Å². The quantitative estimate of drug-likeness (QED) is 0.532. The summed E-state index contributed by atoms with van der Waals surface area (Å²) in [7, 11) is 0. The second-order valence-corrected chi connectivity index (χ2v) is 9.22. The van der Waals surface area contributed by atoms with Crippen molar-refractivity contribution in [2.45, 2.75) is 71.0 Å². The first-order valence-electron chi connectivity index (χ1n) is 9.52. The minimum atomic E-state index is -0.957. The molecule has 0 bridgehead atoms. The van der Waals surface area contributed by atoms with Gasteiger partial charge in [-0.05, 0) is 60.3 Å². The molecule has 3 N–H and O–H groups in total. The summed E-state index contributed by atoms with van der Waals surface area (Å²) in [5.41, 5.74) is 1.17. The number of aliphatic hydroxyl groups excluding tert-OH is 3. The molecule has 0 amide bonds. The van der Waals surface area contributed by atoms with Gasteiger partial charge < -0.3 is 20.1 Å². The molecule has 0 aromatic rings. The van der Waals surface area contributed by atoms with E-state index in [0.29, 0.717) is 22.8 Å². The molecule has 3 fully saturated rings. The molecule has 0 aromatic heterocycles. The Morgan fingerprint density at radius 3 is 2.50 bits per heavy atom. The van der Waals surface area contributed by atoms with Crippen LogP contribution in [0.5, 0.6) is 0 Å². The molecule has 3 rings (SSSR count). The zero-order chi connectivity index (χ0) is 17.6. The molecule has 0 radical (unpaired) electrons. The summed E-state index contributed by atoms with van der Waals surface area (Å²) in [5, 5.41) is 28.5. The minimum Gasteiger partial charge on any atom is -0.393 e. The number of hydrogen-bond acceptors (Lipinski definition) is 4. The molecular weight excluding hydrogens is 304 g/mol. The monoisotopic (exact) mass is 338 g/mol. The van der Waals surface area contributed by atoms with Gasteiger partial charge in [0.25, 0.3) is 0 Å². The van der Waals surface area contributed by atoms with Gasteiger partial charge in [0.15, 0.2) is 0 Å². The fourth-order valence-corrected chi connectivity index (χ4v) is 6.08. The summed E-state index contributed by atoms with van der Waals surface area (Å²) in [6.07, 6.45) is 8.00. The fourth-order valence-electron chi connectivity index (χ4n) is 6.08. The van der Waals surface area contributed by atoms with Crippen molar-refractivity contribution in [1.29, 1.82) is 0 Å². The van der Waals surface area contributed by atoms with Crippen molar-refractivity contribution in [2.75, 3.05) is 19.8 Å². The second-order valence-electron chi connectivity index (χ2n) is 9.22. The van der Waals surface area contributed by atoms with E-state index in [-0.39, 0.29) is 24.2 Å².